The molecule has 0 aliphatic carbocycles. The van der Waals surface area contributed by atoms with Crippen LogP contribution in [0.3, 0.4) is 0 Å². The fourth-order valence-electron chi connectivity index (χ4n) is 3.06. The van der Waals surface area contributed by atoms with Gasteiger partial charge in [-0.2, -0.15) is 0 Å². The molecule has 1 aromatic heterocycles. The molecule has 0 fully saturated rings. The van der Waals surface area contributed by atoms with E-state index in [0.717, 1.165) is 22.2 Å². The number of ether oxygens (including phenoxy) is 1. The van der Waals surface area contributed by atoms with Crippen LogP contribution in [0.25, 0.3) is 10.9 Å². The normalized spacial score (nSPS) is 12.1. The van der Waals surface area contributed by atoms with E-state index in [-0.39, 0.29) is 30.7 Å². The third kappa shape index (κ3) is 3.79. The lowest BCUT2D eigenvalue weighted by Crippen LogP contribution is -2.16. The Balaban J connectivity index is 1.62. The summed E-state index contributed by atoms with van der Waals surface area (Å²) in [4.78, 5) is 27.8. The highest BCUT2D eigenvalue weighted by atomic mass is 16.5. The number of rotatable bonds is 6. The van der Waals surface area contributed by atoms with Crippen LogP contribution in [0.4, 0.5) is 0 Å². The molecule has 3 aromatic rings. The van der Waals surface area contributed by atoms with E-state index >= 15 is 0 Å². The van der Waals surface area contributed by atoms with E-state index in [4.69, 9.17) is 4.74 Å². The smallest absolute Gasteiger partial charge is 0.306 e. The van der Waals surface area contributed by atoms with Gasteiger partial charge in [-0.1, -0.05) is 55.5 Å². The number of hydrogen-bond acceptors (Lipinski definition) is 3. The molecular weight excluding hydrogens is 314 g/mol. The van der Waals surface area contributed by atoms with E-state index in [1.807, 2.05) is 68.4 Å². The molecule has 1 atom stereocenters. The summed E-state index contributed by atoms with van der Waals surface area (Å²) < 4.78 is 5.22. The van der Waals surface area contributed by atoms with E-state index in [9.17, 15) is 9.59 Å². The van der Waals surface area contributed by atoms with Gasteiger partial charge in [0, 0.05) is 22.2 Å². The summed E-state index contributed by atoms with van der Waals surface area (Å²) in [7, 11) is 0. The minimum atomic E-state index is -0.359. The van der Waals surface area contributed by atoms with Crippen molar-refractivity contribution in [3.8, 4) is 0 Å². The fraction of sp³-hybridized carbons (Fsp3) is 0.238. The highest BCUT2D eigenvalue weighted by molar-refractivity contribution is 6.10. The van der Waals surface area contributed by atoms with Gasteiger partial charge in [-0.15, -0.1) is 0 Å². The number of aromatic amines is 1. The Labute approximate surface area is 146 Å². The monoisotopic (exact) mass is 335 g/mol. The highest BCUT2D eigenvalue weighted by Gasteiger charge is 2.18. The van der Waals surface area contributed by atoms with E-state index in [1.165, 1.54) is 0 Å². The molecule has 128 valence electrons. The largest absolute Gasteiger partial charge is 0.457 e. The molecule has 4 heteroatoms. The lowest BCUT2D eigenvalue weighted by molar-refractivity contribution is -0.142. The zero-order valence-electron chi connectivity index (χ0n) is 14.4. The Morgan fingerprint density at radius 3 is 2.48 bits per heavy atom. The van der Waals surface area contributed by atoms with Crippen LogP contribution in [-0.4, -0.2) is 23.3 Å². The summed E-state index contributed by atoms with van der Waals surface area (Å²) >= 11 is 0. The second-order valence-electron chi connectivity index (χ2n) is 6.27. The van der Waals surface area contributed by atoms with Crippen molar-refractivity contribution in [2.24, 2.45) is 0 Å². The maximum absolute atomic E-state index is 12.5. The molecule has 2 aromatic carbocycles. The van der Waals surface area contributed by atoms with Crippen LogP contribution in [0.1, 0.15) is 40.9 Å². The second kappa shape index (κ2) is 7.34. The Bertz CT molecular complexity index is 896. The number of ketones is 1. The van der Waals surface area contributed by atoms with Gasteiger partial charge in [-0.3, -0.25) is 9.59 Å². The molecule has 3 rings (SSSR count). The third-order valence-electron chi connectivity index (χ3n) is 4.38. The second-order valence-corrected chi connectivity index (χ2v) is 6.27. The van der Waals surface area contributed by atoms with Crippen LogP contribution in [0.5, 0.6) is 0 Å². The highest BCUT2D eigenvalue weighted by Crippen LogP contribution is 2.23. The van der Waals surface area contributed by atoms with Gasteiger partial charge in [0.15, 0.2) is 6.61 Å². The molecule has 0 spiro atoms. The van der Waals surface area contributed by atoms with Crippen LogP contribution in [0.15, 0.2) is 54.6 Å². The van der Waals surface area contributed by atoms with Crippen molar-refractivity contribution >= 4 is 22.7 Å². The maximum atomic E-state index is 12.5. The molecule has 1 heterocycles. The van der Waals surface area contributed by atoms with Gasteiger partial charge in [-0.25, -0.2) is 0 Å². The van der Waals surface area contributed by atoms with Gasteiger partial charge in [0.25, 0.3) is 0 Å². The molecule has 0 saturated carbocycles. The molecular formula is C21H21NO3. The lowest BCUT2D eigenvalue weighted by Gasteiger charge is -2.11. The number of nitrogens with one attached hydrogen (secondary N) is 1. The number of hydrogen-bond donors (Lipinski definition) is 1. The van der Waals surface area contributed by atoms with Crippen molar-refractivity contribution < 1.29 is 14.3 Å². The number of carbonyl (C=O) groups is 2. The first kappa shape index (κ1) is 17.0. The Kier molecular flexibility index (Phi) is 4.98. The molecule has 1 N–H and O–H groups in total. The molecule has 4 nitrogen and oxygen atoms in total. The summed E-state index contributed by atoms with van der Waals surface area (Å²) in [6.45, 7) is 3.60. The number of benzene rings is 2. The zero-order valence-corrected chi connectivity index (χ0v) is 14.4. The molecule has 0 unspecified atom stereocenters. The van der Waals surface area contributed by atoms with E-state index in [0.29, 0.717) is 5.56 Å². The van der Waals surface area contributed by atoms with Crippen molar-refractivity contribution in [2.45, 2.75) is 26.2 Å². The predicted octanol–water partition coefficient (Wildman–Crippen LogP) is 4.40. The van der Waals surface area contributed by atoms with Crippen molar-refractivity contribution in [3.05, 3.63) is 71.4 Å². The summed E-state index contributed by atoms with van der Waals surface area (Å²) in [5.74, 6) is -0.489. The van der Waals surface area contributed by atoms with Gasteiger partial charge < -0.3 is 9.72 Å². The van der Waals surface area contributed by atoms with E-state index in [2.05, 4.69) is 4.98 Å². The predicted molar refractivity (Wildman–Crippen MR) is 97.8 cm³/mol. The zero-order chi connectivity index (χ0) is 17.8. The lowest BCUT2D eigenvalue weighted by atomic mass is 9.98. The number of carbonyl (C=O) groups excluding carboxylic acids is 2. The number of aryl methyl sites for hydroxylation is 1. The standard InChI is InChI=1S/C21H21NO3/c1-14(16-8-4-3-5-9-16)12-20(24)25-13-19(23)21-15(2)22-18-11-7-6-10-17(18)21/h3-11,14,22H,12-13H2,1-2H3/t14-/m0/s1. The minimum Gasteiger partial charge on any atom is -0.457 e. The van der Waals surface area contributed by atoms with Crippen LogP contribution in [0, 0.1) is 6.92 Å². The Morgan fingerprint density at radius 2 is 1.72 bits per heavy atom. The topological polar surface area (TPSA) is 59.2 Å². The van der Waals surface area contributed by atoms with Crippen molar-refractivity contribution in [1.29, 1.82) is 0 Å². The van der Waals surface area contributed by atoms with E-state index < -0.39 is 0 Å². The molecule has 0 bridgehead atoms. The van der Waals surface area contributed by atoms with Gasteiger partial charge in [0.2, 0.25) is 5.78 Å². The minimum absolute atomic E-state index is 0.0543. The Hall–Kier alpha value is -2.88. The van der Waals surface area contributed by atoms with Crippen LogP contribution in [-0.2, 0) is 9.53 Å². The number of H-pyrrole nitrogens is 1. The molecule has 0 radical (unpaired) electrons. The number of esters is 1. The third-order valence-corrected chi connectivity index (χ3v) is 4.38. The van der Waals surface area contributed by atoms with Crippen LogP contribution >= 0.6 is 0 Å². The maximum Gasteiger partial charge on any atom is 0.306 e. The Morgan fingerprint density at radius 1 is 1.04 bits per heavy atom. The summed E-state index contributed by atoms with van der Waals surface area (Å²) in [6.07, 6.45) is 0.254. The van der Waals surface area contributed by atoms with Crippen molar-refractivity contribution in [3.63, 3.8) is 0 Å². The fourth-order valence-corrected chi connectivity index (χ4v) is 3.06. The van der Waals surface area contributed by atoms with Gasteiger partial charge in [0.05, 0.1) is 6.42 Å². The van der Waals surface area contributed by atoms with Crippen LogP contribution < -0.4 is 0 Å². The van der Waals surface area contributed by atoms with Gasteiger partial charge >= 0.3 is 5.97 Å². The molecule has 0 aliphatic rings. The number of Topliss-reactive ketones (excluding diaryl/α,β-unsaturated/α-hetero) is 1. The van der Waals surface area contributed by atoms with Crippen LogP contribution in [0.2, 0.25) is 0 Å². The first-order valence-electron chi connectivity index (χ1n) is 8.37. The SMILES string of the molecule is Cc1[nH]c2ccccc2c1C(=O)COC(=O)C[C@H](C)c1ccccc1. The number of aromatic nitrogens is 1. The first-order chi connectivity index (χ1) is 12.1. The van der Waals surface area contributed by atoms with E-state index in [1.54, 1.807) is 0 Å². The van der Waals surface area contributed by atoms with Gasteiger partial charge in [0.1, 0.15) is 0 Å². The van der Waals surface area contributed by atoms with Crippen molar-refractivity contribution in [1.82, 2.24) is 4.98 Å². The molecule has 0 amide bonds. The molecule has 0 saturated heterocycles. The summed E-state index contributed by atoms with van der Waals surface area (Å²) in [5, 5.41) is 0.860. The summed E-state index contributed by atoms with van der Waals surface area (Å²) in [6, 6.07) is 17.4. The quantitative estimate of drug-likeness (QED) is 0.537. The number of para-hydroxylation sites is 1. The average molecular weight is 335 g/mol. The van der Waals surface area contributed by atoms with Crippen molar-refractivity contribution in [2.75, 3.05) is 6.61 Å². The molecule has 0 aliphatic heterocycles. The molecule has 25 heavy (non-hydrogen) atoms. The average Bonchev–Trinajstić information content (AvgIpc) is 2.96. The number of fused-ring (bicyclic) bond motifs is 1. The first-order valence-corrected chi connectivity index (χ1v) is 8.37. The summed E-state index contributed by atoms with van der Waals surface area (Å²) in [5.41, 5.74) is 3.38. The van der Waals surface area contributed by atoms with Gasteiger partial charge in [-0.05, 0) is 24.5 Å².